The maximum absolute atomic E-state index is 12.0. The Kier molecular flexibility index (Phi) is 3.54. The van der Waals surface area contributed by atoms with Gasteiger partial charge in [0.1, 0.15) is 0 Å². The lowest BCUT2D eigenvalue weighted by molar-refractivity contribution is -0.144. The molecule has 1 aromatic rings. The summed E-state index contributed by atoms with van der Waals surface area (Å²) in [5, 5.41) is 12.0. The number of carboxylic acids is 1. The van der Waals surface area contributed by atoms with Crippen molar-refractivity contribution in [3.05, 3.63) is 34.9 Å². The summed E-state index contributed by atoms with van der Waals surface area (Å²) in [6.07, 6.45) is 0.249. The Labute approximate surface area is 109 Å². The molecular weight excluding hydrogens is 258 g/mol. The number of hydrogen-bond acceptors (Lipinski definition) is 3. The number of halogens is 1. The Morgan fingerprint density at radius 2 is 2.11 bits per heavy atom. The zero-order valence-corrected chi connectivity index (χ0v) is 10.2. The number of rotatable bonds is 3. The number of amides is 1. The topological polar surface area (TPSA) is 75.6 Å². The van der Waals surface area contributed by atoms with Gasteiger partial charge in [-0.2, -0.15) is 0 Å². The van der Waals surface area contributed by atoms with Crippen molar-refractivity contribution in [2.75, 3.05) is 13.2 Å². The molecule has 1 unspecified atom stereocenters. The Hall–Kier alpha value is -1.59. The van der Waals surface area contributed by atoms with E-state index in [0.717, 1.165) is 0 Å². The van der Waals surface area contributed by atoms with Crippen LogP contribution >= 0.6 is 11.6 Å². The molecule has 2 N–H and O–H groups in total. The van der Waals surface area contributed by atoms with Crippen LogP contribution in [-0.4, -0.2) is 35.7 Å². The number of ether oxygens (including phenoxy) is 1. The van der Waals surface area contributed by atoms with Crippen molar-refractivity contribution in [3.8, 4) is 0 Å². The van der Waals surface area contributed by atoms with Crippen LogP contribution in [0.25, 0.3) is 0 Å². The van der Waals surface area contributed by atoms with E-state index in [-0.39, 0.29) is 23.6 Å². The van der Waals surface area contributed by atoms with Crippen LogP contribution in [0, 0.1) is 0 Å². The van der Waals surface area contributed by atoms with E-state index in [4.69, 9.17) is 16.3 Å². The van der Waals surface area contributed by atoms with Gasteiger partial charge in [-0.15, -0.1) is 0 Å². The lowest BCUT2D eigenvalue weighted by Gasteiger charge is -2.23. The number of carboxylic acid groups (broad SMARTS) is 1. The smallest absolute Gasteiger partial charge is 0.331 e. The number of benzene rings is 1. The quantitative estimate of drug-likeness (QED) is 0.868. The Balaban J connectivity index is 2.21. The molecule has 0 spiro atoms. The summed E-state index contributed by atoms with van der Waals surface area (Å²) in [5.74, 6) is -1.60. The molecular formula is C12H12ClNO4. The van der Waals surface area contributed by atoms with E-state index in [1.54, 1.807) is 24.3 Å². The van der Waals surface area contributed by atoms with E-state index in [1.165, 1.54) is 0 Å². The van der Waals surface area contributed by atoms with Crippen molar-refractivity contribution < 1.29 is 19.4 Å². The van der Waals surface area contributed by atoms with Crippen LogP contribution in [0.3, 0.4) is 0 Å². The third-order valence-electron chi connectivity index (χ3n) is 2.90. The van der Waals surface area contributed by atoms with E-state index in [9.17, 15) is 14.7 Å². The molecule has 96 valence electrons. The lowest BCUT2D eigenvalue weighted by Crippen LogP contribution is -2.55. The minimum Gasteiger partial charge on any atom is -0.479 e. The highest BCUT2D eigenvalue weighted by atomic mass is 35.5. The van der Waals surface area contributed by atoms with Crippen LogP contribution in [0.2, 0.25) is 5.02 Å². The Morgan fingerprint density at radius 1 is 1.39 bits per heavy atom. The number of nitrogens with one attached hydrogen (secondary N) is 1. The Bertz CT molecular complexity index is 483. The van der Waals surface area contributed by atoms with Gasteiger partial charge in [-0.1, -0.05) is 23.7 Å². The number of carbonyl (C=O) groups excluding carboxylic acids is 1. The largest absolute Gasteiger partial charge is 0.479 e. The molecule has 1 atom stereocenters. The number of hydrogen-bond donors (Lipinski definition) is 2. The van der Waals surface area contributed by atoms with Crippen LogP contribution in [-0.2, 0) is 9.53 Å². The summed E-state index contributed by atoms with van der Waals surface area (Å²) < 4.78 is 5.06. The molecule has 5 nitrogen and oxygen atoms in total. The normalized spacial score (nSPS) is 22.7. The molecule has 1 amide bonds. The van der Waals surface area contributed by atoms with E-state index in [0.29, 0.717) is 6.61 Å². The molecule has 1 heterocycles. The fourth-order valence-corrected chi connectivity index (χ4v) is 2.04. The fourth-order valence-electron chi connectivity index (χ4n) is 1.82. The zero-order chi connectivity index (χ0) is 13.2. The van der Waals surface area contributed by atoms with Gasteiger partial charge in [0.15, 0.2) is 5.54 Å². The predicted molar refractivity (Wildman–Crippen MR) is 64.7 cm³/mol. The van der Waals surface area contributed by atoms with Gasteiger partial charge >= 0.3 is 5.97 Å². The fraction of sp³-hybridized carbons (Fsp3) is 0.333. The van der Waals surface area contributed by atoms with Crippen molar-refractivity contribution in [1.29, 1.82) is 0 Å². The summed E-state index contributed by atoms with van der Waals surface area (Å²) in [4.78, 5) is 23.3. The zero-order valence-electron chi connectivity index (χ0n) is 9.48. The van der Waals surface area contributed by atoms with E-state index in [2.05, 4.69) is 5.32 Å². The van der Waals surface area contributed by atoms with Gasteiger partial charge in [-0.3, -0.25) is 4.79 Å². The monoisotopic (exact) mass is 269 g/mol. The van der Waals surface area contributed by atoms with Crippen molar-refractivity contribution in [3.63, 3.8) is 0 Å². The van der Waals surface area contributed by atoms with Gasteiger partial charge in [0.05, 0.1) is 17.2 Å². The first-order chi connectivity index (χ1) is 8.55. The highest BCUT2D eigenvalue weighted by Gasteiger charge is 2.44. The van der Waals surface area contributed by atoms with Crippen LogP contribution in [0.5, 0.6) is 0 Å². The molecule has 18 heavy (non-hydrogen) atoms. The van der Waals surface area contributed by atoms with Crippen molar-refractivity contribution >= 4 is 23.5 Å². The molecule has 0 radical (unpaired) electrons. The predicted octanol–water partition coefficient (Wildman–Crippen LogP) is 1.31. The van der Waals surface area contributed by atoms with E-state index >= 15 is 0 Å². The van der Waals surface area contributed by atoms with Crippen molar-refractivity contribution in [2.24, 2.45) is 0 Å². The van der Waals surface area contributed by atoms with Crippen LogP contribution in [0.1, 0.15) is 16.8 Å². The van der Waals surface area contributed by atoms with E-state index in [1.807, 2.05) is 0 Å². The molecule has 0 saturated carbocycles. The van der Waals surface area contributed by atoms with Crippen LogP contribution in [0.4, 0.5) is 0 Å². The molecule has 6 heteroatoms. The second-order valence-electron chi connectivity index (χ2n) is 4.12. The number of carbonyl (C=O) groups is 2. The first-order valence-electron chi connectivity index (χ1n) is 5.43. The van der Waals surface area contributed by atoms with Crippen LogP contribution in [0.15, 0.2) is 24.3 Å². The highest BCUT2D eigenvalue weighted by Crippen LogP contribution is 2.21. The van der Waals surface area contributed by atoms with Gasteiger partial charge in [0.2, 0.25) is 0 Å². The molecule has 1 aliphatic rings. The third-order valence-corrected chi connectivity index (χ3v) is 3.23. The Morgan fingerprint density at radius 3 is 2.67 bits per heavy atom. The summed E-state index contributed by atoms with van der Waals surface area (Å²) >= 11 is 5.89. The number of aliphatic carboxylic acids is 1. The molecule has 0 bridgehead atoms. The molecule has 1 aromatic carbocycles. The maximum atomic E-state index is 12.0. The summed E-state index contributed by atoms with van der Waals surface area (Å²) in [6.45, 7) is 0.285. The lowest BCUT2D eigenvalue weighted by atomic mass is 9.98. The molecule has 0 aromatic heterocycles. The van der Waals surface area contributed by atoms with Gasteiger partial charge < -0.3 is 15.2 Å². The standard InChI is InChI=1S/C12H12ClNO4/c13-9-4-2-1-3-8(9)10(15)14-12(11(16)17)5-6-18-7-12/h1-4H,5-7H2,(H,14,15)(H,16,17). The minimum atomic E-state index is -1.35. The average molecular weight is 270 g/mol. The molecule has 1 fully saturated rings. The SMILES string of the molecule is O=C(NC1(C(=O)O)CCOC1)c1ccccc1Cl. The summed E-state index contributed by atoms with van der Waals surface area (Å²) in [6, 6.07) is 6.49. The first kappa shape index (κ1) is 12.9. The second-order valence-corrected chi connectivity index (χ2v) is 4.53. The second kappa shape index (κ2) is 4.96. The van der Waals surface area contributed by atoms with Gasteiger partial charge in [-0.25, -0.2) is 4.79 Å². The van der Waals surface area contributed by atoms with E-state index < -0.39 is 17.4 Å². The van der Waals surface area contributed by atoms with Gasteiger partial charge in [0.25, 0.3) is 5.91 Å². The molecule has 0 aliphatic carbocycles. The minimum absolute atomic E-state index is 0.0292. The van der Waals surface area contributed by atoms with Gasteiger partial charge in [-0.05, 0) is 12.1 Å². The molecule has 1 saturated heterocycles. The summed E-state index contributed by atoms with van der Waals surface area (Å²) in [5.41, 5.74) is -1.09. The van der Waals surface area contributed by atoms with Crippen molar-refractivity contribution in [1.82, 2.24) is 5.32 Å². The molecule has 1 aliphatic heterocycles. The average Bonchev–Trinajstić information content (AvgIpc) is 2.79. The maximum Gasteiger partial charge on any atom is 0.331 e. The van der Waals surface area contributed by atoms with Gasteiger partial charge in [0, 0.05) is 13.0 Å². The summed E-state index contributed by atoms with van der Waals surface area (Å²) in [7, 11) is 0. The molecule has 2 rings (SSSR count). The third kappa shape index (κ3) is 2.32. The first-order valence-corrected chi connectivity index (χ1v) is 5.81. The van der Waals surface area contributed by atoms with Crippen molar-refractivity contribution in [2.45, 2.75) is 12.0 Å². The highest BCUT2D eigenvalue weighted by molar-refractivity contribution is 6.33. The van der Waals surface area contributed by atoms with Crippen LogP contribution < -0.4 is 5.32 Å².